The van der Waals surface area contributed by atoms with Gasteiger partial charge in [-0.25, -0.2) is 4.98 Å². The largest absolute Gasteiger partial charge is 0.353 e. The van der Waals surface area contributed by atoms with Crippen molar-refractivity contribution in [2.75, 3.05) is 31.1 Å². The van der Waals surface area contributed by atoms with Crippen LogP contribution >= 0.6 is 0 Å². The van der Waals surface area contributed by atoms with E-state index in [9.17, 15) is 4.79 Å². The summed E-state index contributed by atoms with van der Waals surface area (Å²) in [5.74, 6) is 1.80. The van der Waals surface area contributed by atoms with E-state index in [0.29, 0.717) is 30.2 Å². The number of piperazine rings is 1. The third-order valence-electron chi connectivity index (χ3n) is 4.95. The zero-order chi connectivity index (χ0) is 17.4. The molecule has 2 aliphatic rings. The van der Waals surface area contributed by atoms with Gasteiger partial charge in [0, 0.05) is 38.6 Å². The van der Waals surface area contributed by atoms with Crippen molar-refractivity contribution in [3.05, 3.63) is 47.3 Å². The standard InChI is InChI=1S/C19H21BN4O/c1-13-10-16(14-2-3-14)18(22-11-13)23-6-8-24(9-7-23)19(25)15-4-5-17(20)21-12-15/h4-5,10-12,14H,2-3,6-9H2,1H3. The highest BCUT2D eigenvalue weighted by Gasteiger charge is 2.30. The van der Waals surface area contributed by atoms with Crippen molar-refractivity contribution in [1.29, 1.82) is 0 Å². The molecule has 5 nitrogen and oxygen atoms in total. The van der Waals surface area contributed by atoms with Gasteiger partial charge in [-0.05, 0) is 48.5 Å². The first-order valence-electron chi connectivity index (χ1n) is 8.84. The molecule has 2 fully saturated rings. The summed E-state index contributed by atoms with van der Waals surface area (Å²) >= 11 is 0. The molecule has 3 heterocycles. The molecular formula is C19H21BN4O. The maximum Gasteiger partial charge on any atom is 0.255 e. The molecule has 0 atom stereocenters. The number of rotatable bonds is 3. The average molecular weight is 332 g/mol. The van der Waals surface area contributed by atoms with Gasteiger partial charge in [-0.2, -0.15) is 0 Å². The Morgan fingerprint density at radius 2 is 1.88 bits per heavy atom. The maximum absolute atomic E-state index is 12.6. The lowest BCUT2D eigenvalue weighted by molar-refractivity contribution is 0.0746. The Bertz CT molecular complexity index is 781. The number of hydrogen-bond donors (Lipinski definition) is 0. The molecule has 6 heteroatoms. The minimum atomic E-state index is 0.0198. The van der Waals surface area contributed by atoms with Gasteiger partial charge in [-0.3, -0.25) is 9.78 Å². The van der Waals surface area contributed by atoms with Crippen LogP contribution < -0.4 is 10.5 Å². The van der Waals surface area contributed by atoms with E-state index in [1.54, 1.807) is 18.3 Å². The van der Waals surface area contributed by atoms with Crippen molar-refractivity contribution in [1.82, 2.24) is 14.9 Å². The van der Waals surface area contributed by atoms with Crippen LogP contribution in [0.3, 0.4) is 0 Å². The first kappa shape index (κ1) is 16.1. The average Bonchev–Trinajstić information content (AvgIpc) is 3.47. The molecule has 2 aromatic rings. The third-order valence-corrected chi connectivity index (χ3v) is 4.95. The minimum Gasteiger partial charge on any atom is -0.353 e. The molecule has 1 saturated heterocycles. The van der Waals surface area contributed by atoms with E-state index < -0.39 is 0 Å². The van der Waals surface area contributed by atoms with Gasteiger partial charge >= 0.3 is 0 Å². The summed E-state index contributed by atoms with van der Waals surface area (Å²) in [6, 6.07) is 5.68. The quantitative estimate of drug-likeness (QED) is 0.798. The van der Waals surface area contributed by atoms with Crippen LogP contribution in [0.4, 0.5) is 5.82 Å². The van der Waals surface area contributed by atoms with Gasteiger partial charge in [-0.1, -0.05) is 12.1 Å². The van der Waals surface area contributed by atoms with Crippen molar-refractivity contribution in [3.8, 4) is 0 Å². The fourth-order valence-corrected chi connectivity index (χ4v) is 3.38. The second kappa shape index (κ2) is 6.50. The van der Waals surface area contributed by atoms with E-state index in [1.165, 1.54) is 24.0 Å². The van der Waals surface area contributed by atoms with Gasteiger partial charge in [-0.15, -0.1) is 0 Å². The molecule has 126 valence electrons. The van der Waals surface area contributed by atoms with Crippen LogP contribution in [-0.4, -0.2) is 54.8 Å². The monoisotopic (exact) mass is 332 g/mol. The summed E-state index contributed by atoms with van der Waals surface area (Å²) in [6.07, 6.45) is 6.02. The molecule has 1 aliphatic heterocycles. The van der Waals surface area contributed by atoms with Crippen LogP contribution in [0.1, 0.15) is 40.2 Å². The molecule has 1 aliphatic carbocycles. The Balaban J connectivity index is 1.45. The first-order chi connectivity index (χ1) is 12.1. The summed E-state index contributed by atoms with van der Waals surface area (Å²) in [4.78, 5) is 25.5. The van der Waals surface area contributed by atoms with Gasteiger partial charge in [0.2, 0.25) is 0 Å². The Morgan fingerprint density at radius 3 is 2.52 bits per heavy atom. The fraction of sp³-hybridized carbons (Fsp3) is 0.421. The molecule has 0 aromatic carbocycles. The summed E-state index contributed by atoms with van der Waals surface area (Å²) in [6.45, 7) is 5.11. The SMILES string of the molecule is [B]c1ccc(C(=O)N2CCN(c3ncc(C)cc3C3CC3)CC2)cn1. The molecule has 2 radical (unpaired) electrons. The van der Waals surface area contributed by atoms with E-state index in [0.717, 1.165) is 18.9 Å². The number of aryl methyl sites for hydroxylation is 1. The number of amides is 1. The predicted molar refractivity (Wildman–Crippen MR) is 98.7 cm³/mol. The number of carbonyl (C=O) groups is 1. The molecule has 0 spiro atoms. The van der Waals surface area contributed by atoms with Gasteiger partial charge < -0.3 is 9.80 Å². The molecule has 0 bridgehead atoms. The number of carbonyl (C=O) groups excluding carboxylic acids is 1. The van der Waals surface area contributed by atoms with Crippen LogP contribution in [0, 0.1) is 6.92 Å². The summed E-state index contributed by atoms with van der Waals surface area (Å²) in [7, 11) is 5.59. The Labute approximate surface area is 149 Å². The molecule has 25 heavy (non-hydrogen) atoms. The zero-order valence-electron chi connectivity index (χ0n) is 14.5. The molecule has 4 rings (SSSR count). The van der Waals surface area contributed by atoms with Gasteiger partial charge in [0.05, 0.1) is 5.56 Å². The highest BCUT2D eigenvalue weighted by Crippen LogP contribution is 2.44. The number of aromatic nitrogens is 2. The fourth-order valence-electron chi connectivity index (χ4n) is 3.38. The highest BCUT2D eigenvalue weighted by atomic mass is 16.2. The lowest BCUT2D eigenvalue weighted by atomic mass is 10.0. The predicted octanol–water partition coefficient (Wildman–Crippen LogP) is 1.42. The second-order valence-corrected chi connectivity index (χ2v) is 6.95. The van der Waals surface area contributed by atoms with E-state index in [2.05, 4.69) is 22.9 Å². The minimum absolute atomic E-state index is 0.0198. The van der Waals surface area contributed by atoms with Gasteiger partial charge in [0.25, 0.3) is 5.91 Å². The van der Waals surface area contributed by atoms with E-state index >= 15 is 0 Å². The number of hydrogen-bond acceptors (Lipinski definition) is 4. The van der Waals surface area contributed by atoms with Gasteiger partial charge in [0.1, 0.15) is 13.7 Å². The van der Waals surface area contributed by atoms with E-state index in [-0.39, 0.29) is 5.91 Å². The van der Waals surface area contributed by atoms with Crippen LogP contribution in [0.25, 0.3) is 0 Å². The van der Waals surface area contributed by atoms with Crippen LogP contribution in [0.2, 0.25) is 0 Å². The van der Waals surface area contributed by atoms with Crippen LogP contribution in [0.15, 0.2) is 30.6 Å². The normalized spacial score (nSPS) is 17.6. The first-order valence-corrected chi connectivity index (χ1v) is 8.84. The number of anilines is 1. The molecular weight excluding hydrogens is 311 g/mol. The number of nitrogens with zero attached hydrogens (tertiary/aromatic N) is 4. The molecule has 1 amide bonds. The zero-order valence-corrected chi connectivity index (χ0v) is 14.5. The van der Waals surface area contributed by atoms with Gasteiger partial charge in [0.15, 0.2) is 0 Å². The molecule has 2 aromatic heterocycles. The Kier molecular flexibility index (Phi) is 4.19. The summed E-state index contributed by atoms with van der Waals surface area (Å²) < 4.78 is 0. The van der Waals surface area contributed by atoms with E-state index in [1.807, 2.05) is 11.1 Å². The lowest BCUT2D eigenvalue weighted by Crippen LogP contribution is -2.49. The van der Waals surface area contributed by atoms with Crippen LogP contribution in [-0.2, 0) is 0 Å². The summed E-state index contributed by atoms with van der Waals surface area (Å²) in [5.41, 5.74) is 3.62. The lowest BCUT2D eigenvalue weighted by Gasteiger charge is -2.36. The van der Waals surface area contributed by atoms with E-state index in [4.69, 9.17) is 12.8 Å². The van der Waals surface area contributed by atoms with Crippen molar-refractivity contribution in [2.45, 2.75) is 25.7 Å². The number of pyridine rings is 2. The second-order valence-electron chi connectivity index (χ2n) is 6.95. The van der Waals surface area contributed by atoms with Crippen molar-refractivity contribution < 1.29 is 4.79 Å². The molecule has 0 unspecified atom stereocenters. The highest BCUT2D eigenvalue weighted by molar-refractivity contribution is 6.30. The van der Waals surface area contributed by atoms with Crippen molar-refractivity contribution >= 4 is 25.2 Å². The Hall–Kier alpha value is -2.37. The molecule has 1 saturated carbocycles. The van der Waals surface area contributed by atoms with Crippen molar-refractivity contribution in [2.24, 2.45) is 0 Å². The Morgan fingerprint density at radius 1 is 1.12 bits per heavy atom. The smallest absolute Gasteiger partial charge is 0.255 e. The third kappa shape index (κ3) is 3.39. The molecule has 0 N–H and O–H groups in total. The topological polar surface area (TPSA) is 49.3 Å². The van der Waals surface area contributed by atoms with Crippen LogP contribution in [0.5, 0.6) is 0 Å². The maximum atomic E-state index is 12.6. The van der Waals surface area contributed by atoms with Crippen molar-refractivity contribution in [3.63, 3.8) is 0 Å². The summed E-state index contributed by atoms with van der Waals surface area (Å²) in [5, 5.41) is 0.